The molecular formula is C13H11BrN2O2. The van der Waals surface area contributed by atoms with Crippen LogP contribution in [0.15, 0.2) is 41.1 Å². The molecule has 5 heteroatoms. The third-order valence-electron chi connectivity index (χ3n) is 2.47. The average Bonchev–Trinajstić information content (AvgIpc) is 2.34. The zero-order valence-electron chi connectivity index (χ0n) is 9.64. The molecule has 0 unspecified atom stereocenters. The molecule has 1 heterocycles. The summed E-state index contributed by atoms with van der Waals surface area (Å²) < 4.78 is 0.485. The Bertz CT molecular complexity index is 599. The first-order chi connectivity index (χ1) is 8.58. The van der Waals surface area contributed by atoms with Crippen molar-refractivity contribution in [2.45, 2.75) is 6.92 Å². The van der Waals surface area contributed by atoms with E-state index < -0.39 is 0 Å². The van der Waals surface area contributed by atoms with Gasteiger partial charge in [-0.25, -0.2) is 4.98 Å². The van der Waals surface area contributed by atoms with Gasteiger partial charge in [0.05, 0.1) is 5.56 Å². The zero-order valence-corrected chi connectivity index (χ0v) is 11.2. The van der Waals surface area contributed by atoms with Crippen molar-refractivity contribution in [1.29, 1.82) is 0 Å². The van der Waals surface area contributed by atoms with Crippen LogP contribution in [0.25, 0.3) is 0 Å². The van der Waals surface area contributed by atoms with Crippen LogP contribution in [0.3, 0.4) is 0 Å². The molecule has 4 nitrogen and oxygen atoms in total. The number of hydrogen-bond donors (Lipinski definition) is 2. The lowest BCUT2D eigenvalue weighted by Gasteiger charge is -2.07. The third kappa shape index (κ3) is 2.68. The van der Waals surface area contributed by atoms with E-state index in [1.165, 1.54) is 6.07 Å². The Balaban J connectivity index is 2.22. The number of amides is 1. The summed E-state index contributed by atoms with van der Waals surface area (Å²) in [6.45, 7) is 1.79. The average molecular weight is 307 g/mol. The number of carbonyl (C=O) groups is 1. The summed E-state index contributed by atoms with van der Waals surface area (Å²) >= 11 is 3.21. The van der Waals surface area contributed by atoms with Crippen LogP contribution >= 0.6 is 15.9 Å². The molecule has 0 saturated heterocycles. The molecule has 0 bridgehead atoms. The fourth-order valence-electron chi connectivity index (χ4n) is 1.44. The van der Waals surface area contributed by atoms with Gasteiger partial charge in [-0.1, -0.05) is 6.07 Å². The van der Waals surface area contributed by atoms with Gasteiger partial charge in [0.1, 0.15) is 10.4 Å². The van der Waals surface area contributed by atoms with Crippen LogP contribution in [0.1, 0.15) is 15.9 Å². The number of hydrogen-bond acceptors (Lipinski definition) is 3. The Morgan fingerprint density at radius 2 is 2.17 bits per heavy atom. The molecule has 0 saturated carbocycles. The molecule has 0 aliphatic rings. The first-order valence-electron chi connectivity index (χ1n) is 5.29. The van der Waals surface area contributed by atoms with E-state index in [0.717, 1.165) is 5.56 Å². The molecule has 2 rings (SSSR count). The van der Waals surface area contributed by atoms with E-state index in [1.54, 1.807) is 37.4 Å². The lowest BCUT2D eigenvalue weighted by Crippen LogP contribution is -2.12. The molecule has 1 aromatic heterocycles. The second-order valence-electron chi connectivity index (χ2n) is 3.80. The first kappa shape index (κ1) is 12.6. The molecule has 0 radical (unpaired) electrons. The minimum absolute atomic E-state index is 0.151. The molecule has 2 N–H and O–H groups in total. The maximum absolute atomic E-state index is 12.0. The number of phenols is 1. The molecule has 2 aromatic rings. The lowest BCUT2D eigenvalue weighted by atomic mass is 10.2. The minimum atomic E-state index is -0.279. The molecule has 0 aliphatic carbocycles. The Labute approximate surface area is 113 Å². The number of rotatable bonds is 2. The smallest absolute Gasteiger partial charge is 0.258 e. The quantitative estimate of drug-likeness (QED) is 0.838. The van der Waals surface area contributed by atoms with Gasteiger partial charge in [-0.2, -0.15) is 0 Å². The second kappa shape index (κ2) is 5.18. The topological polar surface area (TPSA) is 62.2 Å². The van der Waals surface area contributed by atoms with Crippen LogP contribution in [0.5, 0.6) is 5.75 Å². The standard InChI is InChI=1S/C13H11BrN2O2/c1-8-4-5-9(7-11(8)17)16-13(18)10-3-2-6-15-12(10)14/h2-7,17H,1H3,(H,16,18). The summed E-state index contributed by atoms with van der Waals surface area (Å²) in [5.41, 5.74) is 1.74. The molecule has 1 aromatic carbocycles. The largest absolute Gasteiger partial charge is 0.508 e. The highest BCUT2D eigenvalue weighted by Crippen LogP contribution is 2.22. The predicted molar refractivity (Wildman–Crippen MR) is 72.7 cm³/mol. The molecule has 0 spiro atoms. The van der Waals surface area contributed by atoms with Crippen molar-refractivity contribution in [2.75, 3.05) is 5.32 Å². The van der Waals surface area contributed by atoms with E-state index in [9.17, 15) is 9.90 Å². The van der Waals surface area contributed by atoms with Crippen LogP contribution < -0.4 is 5.32 Å². The number of benzene rings is 1. The highest BCUT2D eigenvalue weighted by molar-refractivity contribution is 9.10. The molecule has 0 fully saturated rings. The van der Waals surface area contributed by atoms with Crippen LogP contribution in [0.4, 0.5) is 5.69 Å². The van der Waals surface area contributed by atoms with E-state index in [4.69, 9.17) is 0 Å². The molecule has 0 aliphatic heterocycles. The molecule has 1 amide bonds. The maximum atomic E-state index is 12.0. The van der Waals surface area contributed by atoms with E-state index in [1.807, 2.05) is 0 Å². The Morgan fingerprint density at radius 1 is 1.39 bits per heavy atom. The van der Waals surface area contributed by atoms with Crippen LogP contribution in [-0.4, -0.2) is 16.0 Å². The molecule has 0 atom stereocenters. The number of aryl methyl sites for hydroxylation is 1. The van der Waals surface area contributed by atoms with Gasteiger partial charge >= 0.3 is 0 Å². The number of nitrogens with zero attached hydrogens (tertiary/aromatic N) is 1. The summed E-state index contributed by atoms with van der Waals surface area (Å²) in [4.78, 5) is 15.9. The summed E-state index contributed by atoms with van der Waals surface area (Å²) in [6, 6.07) is 8.34. The normalized spacial score (nSPS) is 10.1. The van der Waals surface area contributed by atoms with Crippen molar-refractivity contribution in [1.82, 2.24) is 4.98 Å². The fourth-order valence-corrected chi connectivity index (χ4v) is 1.87. The molecular weight excluding hydrogens is 296 g/mol. The Kier molecular flexibility index (Phi) is 3.62. The van der Waals surface area contributed by atoms with Crippen LogP contribution in [-0.2, 0) is 0 Å². The van der Waals surface area contributed by atoms with Crippen molar-refractivity contribution in [3.63, 3.8) is 0 Å². The highest BCUT2D eigenvalue weighted by atomic mass is 79.9. The third-order valence-corrected chi connectivity index (χ3v) is 3.10. The van der Waals surface area contributed by atoms with Gasteiger partial charge in [0.25, 0.3) is 5.91 Å². The van der Waals surface area contributed by atoms with Gasteiger partial charge in [-0.05, 0) is 46.6 Å². The number of phenolic OH excluding ortho intramolecular Hbond substituents is 1. The highest BCUT2D eigenvalue weighted by Gasteiger charge is 2.10. The van der Waals surface area contributed by atoms with Crippen molar-refractivity contribution in [3.05, 3.63) is 52.3 Å². The number of carbonyl (C=O) groups excluding carboxylic acids is 1. The Hall–Kier alpha value is -1.88. The Morgan fingerprint density at radius 3 is 2.83 bits per heavy atom. The second-order valence-corrected chi connectivity index (χ2v) is 4.55. The van der Waals surface area contributed by atoms with E-state index >= 15 is 0 Å². The fraction of sp³-hybridized carbons (Fsp3) is 0.0769. The summed E-state index contributed by atoms with van der Waals surface area (Å²) in [7, 11) is 0. The van der Waals surface area contributed by atoms with E-state index in [-0.39, 0.29) is 11.7 Å². The minimum Gasteiger partial charge on any atom is -0.508 e. The van der Waals surface area contributed by atoms with Gasteiger partial charge < -0.3 is 10.4 Å². The molecule has 92 valence electrons. The molecule has 18 heavy (non-hydrogen) atoms. The predicted octanol–water partition coefficient (Wildman–Crippen LogP) is 3.11. The van der Waals surface area contributed by atoms with E-state index in [0.29, 0.717) is 15.9 Å². The van der Waals surface area contributed by atoms with Crippen molar-refractivity contribution in [3.8, 4) is 5.75 Å². The lowest BCUT2D eigenvalue weighted by molar-refractivity contribution is 0.102. The van der Waals surface area contributed by atoms with Crippen LogP contribution in [0, 0.1) is 6.92 Å². The van der Waals surface area contributed by atoms with Gasteiger partial charge in [0, 0.05) is 18.0 Å². The monoisotopic (exact) mass is 306 g/mol. The van der Waals surface area contributed by atoms with Gasteiger partial charge in [0.2, 0.25) is 0 Å². The summed E-state index contributed by atoms with van der Waals surface area (Å²) in [5.74, 6) is -0.128. The van der Waals surface area contributed by atoms with Crippen molar-refractivity contribution < 1.29 is 9.90 Å². The maximum Gasteiger partial charge on any atom is 0.258 e. The number of anilines is 1. The van der Waals surface area contributed by atoms with E-state index in [2.05, 4.69) is 26.2 Å². The van der Waals surface area contributed by atoms with Gasteiger partial charge in [-0.3, -0.25) is 4.79 Å². The summed E-state index contributed by atoms with van der Waals surface area (Å²) in [6.07, 6.45) is 1.60. The number of aromatic nitrogens is 1. The van der Waals surface area contributed by atoms with Crippen molar-refractivity contribution in [2.24, 2.45) is 0 Å². The first-order valence-corrected chi connectivity index (χ1v) is 6.08. The van der Waals surface area contributed by atoms with Gasteiger partial charge in [-0.15, -0.1) is 0 Å². The number of halogens is 1. The number of pyridine rings is 1. The SMILES string of the molecule is Cc1ccc(NC(=O)c2cccnc2Br)cc1O. The zero-order chi connectivity index (χ0) is 13.1. The number of aromatic hydroxyl groups is 1. The van der Waals surface area contributed by atoms with Crippen LogP contribution in [0.2, 0.25) is 0 Å². The van der Waals surface area contributed by atoms with Crippen molar-refractivity contribution >= 4 is 27.5 Å². The van der Waals surface area contributed by atoms with Gasteiger partial charge in [0.15, 0.2) is 0 Å². The summed E-state index contributed by atoms with van der Waals surface area (Å²) in [5, 5.41) is 12.3. The number of nitrogens with one attached hydrogen (secondary N) is 1.